The number of hydrogen-bond donors (Lipinski definition) is 1. The molecule has 2 aromatic rings. The third-order valence-electron chi connectivity index (χ3n) is 5.22. The Hall–Kier alpha value is -1.84. The molecule has 0 amide bonds. The van der Waals surface area contributed by atoms with Gasteiger partial charge in [0, 0.05) is 5.54 Å². The van der Waals surface area contributed by atoms with Gasteiger partial charge in [-0.3, -0.25) is 5.32 Å². The molecule has 0 saturated carbocycles. The van der Waals surface area contributed by atoms with Gasteiger partial charge >= 0.3 is 0 Å². The lowest BCUT2D eigenvalue weighted by Gasteiger charge is -2.32. The lowest BCUT2D eigenvalue weighted by molar-refractivity contribution is -0.119. The van der Waals surface area contributed by atoms with E-state index in [1.165, 1.54) is 16.7 Å². The van der Waals surface area contributed by atoms with Crippen LogP contribution in [0.2, 0.25) is 0 Å². The summed E-state index contributed by atoms with van der Waals surface area (Å²) in [5.41, 5.74) is 3.75. The molecule has 0 fully saturated rings. The molecule has 0 saturated heterocycles. The highest BCUT2D eigenvalue weighted by Gasteiger charge is 2.24. The van der Waals surface area contributed by atoms with Gasteiger partial charge in [-0.15, -0.1) is 0 Å². The minimum atomic E-state index is -0.348. The molecular weight excluding hydrogens is 370 g/mol. The van der Waals surface area contributed by atoms with Crippen LogP contribution >= 0.6 is 0 Å². The van der Waals surface area contributed by atoms with Gasteiger partial charge in [0.25, 0.3) is 0 Å². The molecule has 166 valence electrons. The molecule has 0 aliphatic rings. The van der Waals surface area contributed by atoms with Crippen LogP contribution in [0.15, 0.2) is 48.5 Å². The Morgan fingerprint density at radius 2 is 1.43 bits per heavy atom. The van der Waals surface area contributed by atoms with E-state index in [4.69, 9.17) is 9.47 Å². The molecule has 30 heavy (non-hydrogen) atoms. The molecule has 2 aromatic carbocycles. The van der Waals surface area contributed by atoms with Crippen molar-refractivity contribution >= 4 is 0 Å². The fourth-order valence-corrected chi connectivity index (χ4v) is 3.97. The predicted molar refractivity (Wildman–Crippen MR) is 127 cm³/mol. The van der Waals surface area contributed by atoms with Gasteiger partial charge in [-0.1, -0.05) is 70.2 Å². The summed E-state index contributed by atoms with van der Waals surface area (Å²) in [6.07, 6.45) is 1.58. The number of ether oxygens (including phenoxy) is 2. The molecular formula is C27H41NO2. The zero-order valence-corrected chi connectivity index (χ0v) is 20.2. The predicted octanol–water partition coefficient (Wildman–Crippen LogP) is 6.70. The van der Waals surface area contributed by atoms with E-state index in [1.807, 2.05) is 19.9 Å². The first-order valence-electron chi connectivity index (χ1n) is 11.3. The largest absolute Gasteiger partial charge is 0.465 e. The number of hydrogen-bond acceptors (Lipinski definition) is 3. The van der Waals surface area contributed by atoms with Crippen molar-refractivity contribution in [3.05, 3.63) is 65.2 Å². The first kappa shape index (κ1) is 24.4. The molecule has 3 nitrogen and oxygen atoms in total. The second-order valence-electron chi connectivity index (χ2n) is 9.69. The van der Waals surface area contributed by atoms with Crippen LogP contribution in [0.4, 0.5) is 0 Å². The summed E-state index contributed by atoms with van der Waals surface area (Å²) in [5.74, 6) is 2.14. The van der Waals surface area contributed by atoms with Crippen LogP contribution in [0.25, 0.3) is 0 Å². The SMILES string of the molecule is CC(C)Cc1cccc(OC(C)OC(C)NC(C)(C)c2ccccc2)c1CC(C)C. The average molecular weight is 412 g/mol. The van der Waals surface area contributed by atoms with Gasteiger partial charge in [-0.05, 0) is 75.1 Å². The second kappa shape index (κ2) is 11.0. The van der Waals surface area contributed by atoms with E-state index in [9.17, 15) is 0 Å². The highest BCUT2D eigenvalue weighted by molar-refractivity contribution is 5.41. The van der Waals surface area contributed by atoms with Crippen LogP contribution in [-0.4, -0.2) is 12.5 Å². The highest BCUT2D eigenvalue weighted by atomic mass is 16.7. The molecule has 3 heteroatoms. The Morgan fingerprint density at radius 3 is 2.03 bits per heavy atom. The number of nitrogens with one attached hydrogen (secondary N) is 1. The lowest BCUT2D eigenvalue weighted by Crippen LogP contribution is -2.45. The van der Waals surface area contributed by atoms with Crippen molar-refractivity contribution in [3.63, 3.8) is 0 Å². The first-order valence-corrected chi connectivity index (χ1v) is 11.3. The molecule has 0 aliphatic carbocycles. The van der Waals surface area contributed by atoms with Gasteiger partial charge in [-0.25, -0.2) is 0 Å². The normalized spacial score (nSPS) is 14.2. The molecule has 1 N–H and O–H groups in total. The van der Waals surface area contributed by atoms with Crippen molar-refractivity contribution in [1.82, 2.24) is 5.32 Å². The van der Waals surface area contributed by atoms with Gasteiger partial charge in [0.15, 0.2) is 6.29 Å². The summed E-state index contributed by atoms with van der Waals surface area (Å²) in [6, 6.07) is 16.9. The zero-order chi connectivity index (χ0) is 22.3. The van der Waals surface area contributed by atoms with Crippen molar-refractivity contribution in [1.29, 1.82) is 0 Å². The van der Waals surface area contributed by atoms with Gasteiger partial charge in [-0.2, -0.15) is 0 Å². The maximum Gasteiger partial charge on any atom is 0.198 e. The average Bonchev–Trinajstić information content (AvgIpc) is 2.63. The maximum atomic E-state index is 6.30. The van der Waals surface area contributed by atoms with Gasteiger partial charge < -0.3 is 9.47 Å². The lowest BCUT2D eigenvalue weighted by atomic mass is 9.92. The standard InChI is InChI=1S/C27H41NO2/c1-19(2)17-23-13-12-16-26(25(23)18-20(3)4)30-22(6)29-21(5)28-27(7,8)24-14-10-9-11-15-24/h9-16,19-22,28H,17-18H2,1-8H3. The van der Waals surface area contributed by atoms with E-state index in [0.717, 1.165) is 18.6 Å². The smallest absolute Gasteiger partial charge is 0.198 e. The molecule has 0 radical (unpaired) electrons. The topological polar surface area (TPSA) is 30.5 Å². The molecule has 0 aromatic heterocycles. The maximum absolute atomic E-state index is 6.30. The van der Waals surface area contributed by atoms with Crippen LogP contribution in [0, 0.1) is 11.8 Å². The van der Waals surface area contributed by atoms with Crippen molar-refractivity contribution in [2.75, 3.05) is 0 Å². The molecule has 0 bridgehead atoms. The van der Waals surface area contributed by atoms with E-state index in [0.29, 0.717) is 11.8 Å². The van der Waals surface area contributed by atoms with Gasteiger partial charge in [0.1, 0.15) is 12.0 Å². The zero-order valence-electron chi connectivity index (χ0n) is 20.2. The first-order chi connectivity index (χ1) is 14.1. The number of benzene rings is 2. The monoisotopic (exact) mass is 411 g/mol. The third-order valence-corrected chi connectivity index (χ3v) is 5.22. The Bertz CT molecular complexity index is 768. The van der Waals surface area contributed by atoms with Crippen molar-refractivity contribution < 1.29 is 9.47 Å². The number of rotatable bonds is 11. The van der Waals surface area contributed by atoms with E-state index in [2.05, 4.69) is 89.3 Å². The Morgan fingerprint density at radius 1 is 0.800 bits per heavy atom. The quantitative estimate of drug-likeness (QED) is 0.418. The molecule has 2 unspecified atom stereocenters. The van der Waals surface area contributed by atoms with Crippen molar-refractivity contribution in [2.45, 2.75) is 86.3 Å². The summed E-state index contributed by atoms with van der Waals surface area (Å²) in [5, 5.41) is 3.57. The van der Waals surface area contributed by atoms with E-state index in [1.54, 1.807) is 0 Å². The van der Waals surface area contributed by atoms with Crippen LogP contribution in [0.3, 0.4) is 0 Å². The highest BCUT2D eigenvalue weighted by Crippen LogP contribution is 2.29. The second-order valence-corrected chi connectivity index (χ2v) is 9.69. The van der Waals surface area contributed by atoms with E-state index >= 15 is 0 Å². The minimum Gasteiger partial charge on any atom is -0.465 e. The van der Waals surface area contributed by atoms with Gasteiger partial charge in [0.2, 0.25) is 0 Å². The molecule has 0 heterocycles. The Kier molecular flexibility index (Phi) is 8.93. The van der Waals surface area contributed by atoms with E-state index in [-0.39, 0.29) is 18.1 Å². The summed E-state index contributed by atoms with van der Waals surface area (Å²) >= 11 is 0. The third kappa shape index (κ3) is 7.45. The van der Waals surface area contributed by atoms with Crippen LogP contribution < -0.4 is 10.1 Å². The molecule has 2 atom stereocenters. The summed E-state index contributed by atoms with van der Waals surface area (Å²) < 4.78 is 12.5. The Labute approximate surface area is 184 Å². The fourth-order valence-electron chi connectivity index (χ4n) is 3.97. The Balaban J connectivity index is 2.07. The van der Waals surface area contributed by atoms with Crippen LogP contribution in [-0.2, 0) is 23.1 Å². The minimum absolute atomic E-state index is 0.150. The molecule has 0 spiro atoms. The van der Waals surface area contributed by atoms with Crippen LogP contribution in [0.5, 0.6) is 5.75 Å². The summed E-state index contributed by atoms with van der Waals surface area (Å²) in [7, 11) is 0. The summed E-state index contributed by atoms with van der Waals surface area (Å²) in [6.45, 7) is 17.4. The van der Waals surface area contributed by atoms with Crippen molar-refractivity contribution in [2.24, 2.45) is 11.8 Å². The van der Waals surface area contributed by atoms with Crippen molar-refractivity contribution in [3.8, 4) is 5.75 Å². The van der Waals surface area contributed by atoms with Crippen LogP contribution in [0.1, 0.15) is 72.1 Å². The van der Waals surface area contributed by atoms with Gasteiger partial charge in [0.05, 0.1) is 0 Å². The summed E-state index contributed by atoms with van der Waals surface area (Å²) in [4.78, 5) is 0. The fraction of sp³-hybridized carbons (Fsp3) is 0.556. The molecule has 2 rings (SSSR count). The molecule has 0 aliphatic heterocycles. The van der Waals surface area contributed by atoms with E-state index < -0.39 is 0 Å².